The molecule has 0 saturated carbocycles. The van der Waals surface area contributed by atoms with Crippen LogP contribution < -0.4 is 5.32 Å². The van der Waals surface area contributed by atoms with Crippen molar-refractivity contribution in [2.75, 3.05) is 0 Å². The van der Waals surface area contributed by atoms with Crippen LogP contribution in [-0.2, 0) is 9.53 Å². The number of ether oxygens (including phenoxy) is 1. The number of carbonyl (C=O) groups excluding carboxylic acids is 1. The standard InChI is InChI=1S/C12H20F3NO6/c1-3-5-7(18)8(19)9(20)10(22-5)6(4(2)17)16-11(21)12(13,14)15/h4-10,17-20H,3H2,1-2H3,(H,16,21)/t4-,5?,6-,7+,8?,9?,10-/m1/s1. The number of aliphatic hydroxyl groups excluding tert-OH is 4. The van der Waals surface area contributed by atoms with Crippen LogP contribution in [0.2, 0.25) is 0 Å². The number of carbonyl (C=O) groups is 1. The van der Waals surface area contributed by atoms with Gasteiger partial charge in [-0.15, -0.1) is 0 Å². The molecule has 1 rings (SSSR count). The molecule has 7 atom stereocenters. The summed E-state index contributed by atoms with van der Waals surface area (Å²) in [4.78, 5) is 11.0. The van der Waals surface area contributed by atoms with E-state index in [1.165, 1.54) is 0 Å². The quantitative estimate of drug-likeness (QED) is 0.436. The average molecular weight is 331 g/mol. The summed E-state index contributed by atoms with van der Waals surface area (Å²) in [5.41, 5.74) is 0. The summed E-state index contributed by atoms with van der Waals surface area (Å²) in [7, 11) is 0. The zero-order chi connectivity index (χ0) is 17.2. The lowest BCUT2D eigenvalue weighted by Gasteiger charge is -2.44. The van der Waals surface area contributed by atoms with Gasteiger partial charge >= 0.3 is 12.1 Å². The summed E-state index contributed by atoms with van der Waals surface area (Å²) in [6.07, 6.45) is -13.8. The fraction of sp³-hybridized carbons (Fsp3) is 0.917. The van der Waals surface area contributed by atoms with Gasteiger partial charge in [-0.2, -0.15) is 13.2 Å². The van der Waals surface area contributed by atoms with E-state index in [2.05, 4.69) is 0 Å². The number of hydrogen-bond acceptors (Lipinski definition) is 6. The number of alkyl halides is 3. The molecule has 0 aromatic heterocycles. The first kappa shape index (κ1) is 19.1. The van der Waals surface area contributed by atoms with E-state index in [1.54, 1.807) is 12.2 Å². The van der Waals surface area contributed by atoms with Gasteiger partial charge in [0, 0.05) is 0 Å². The van der Waals surface area contributed by atoms with Crippen molar-refractivity contribution in [1.29, 1.82) is 0 Å². The molecule has 10 heteroatoms. The van der Waals surface area contributed by atoms with Gasteiger partial charge in [0.25, 0.3) is 0 Å². The summed E-state index contributed by atoms with van der Waals surface area (Å²) < 4.78 is 42.3. The Hall–Kier alpha value is -0.940. The molecular formula is C12H20F3NO6. The molecule has 0 aliphatic carbocycles. The van der Waals surface area contributed by atoms with Gasteiger partial charge in [-0.25, -0.2) is 0 Å². The third-order valence-electron chi connectivity index (χ3n) is 3.58. The maximum Gasteiger partial charge on any atom is 0.471 e. The molecule has 22 heavy (non-hydrogen) atoms. The van der Waals surface area contributed by atoms with Gasteiger partial charge in [0.2, 0.25) is 0 Å². The van der Waals surface area contributed by atoms with E-state index in [-0.39, 0.29) is 6.42 Å². The Morgan fingerprint density at radius 2 is 1.77 bits per heavy atom. The third kappa shape index (κ3) is 4.07. The van der Waals surface area contributed by atoms with Crippen LogP contribution in [0.5, 0.6) is 0 Å². The molecule has 0 aromatic rings. The van der Waals surface area contributed by atoms with Crippen molar-refractivity contribution in [2.45, 2.75) is 69.1 Å². The molecule has 7 nitrogen and oxygen atoms in total. The lowest BCUT2D eigenvalue weighted by molar-refractivity contribution is -0.235. The van der Waals surface area contributed by atoms with Crippen LogP contribution in [0.25, 0.3) is 0 Å². The normalized spacial score (nSPS) is 35.8. The van der Waals surface area contributed by atoms with Crippen molar-refractivity contribution in [3.05, 3.63) is 0 Å². The lowest BCUT2D eigenvalue weighted by atomic mass is 9.88. The van der Waals surface area contributed by atoms with E-state index in [9.17, 15) is 38.4 Å². The fourth-order valence-electron chi connectivity index (χ4n) is 2.32. The largest absolute Gasteiger partial charge is 0.471 e. The van der Waals surface area contributed by atoms with Crippen molar-refractivity contribution in [2.24, 2.45) is 0 Å². The van der Waals surface area contributed by atoms with E-state index in [4.69, 9.17) is 4.74 Å². The molecule has 130 valence electrons. The Labute approximate surface area is 124 Å². The highest BCUT2D eigenvalue weighted by atomic mass is 19.4. The van der Waals surface area contributed by atoms with Crippen LogP contribution in [0.15, 0.2) is 0 Å². The van der Waals surface area contributed by atoms with Crippen LogP contribution in [-0.4, -0.2) is 75.2 Å². The minimum Gasteiger partial charge on any atom is -0.391 e. The smallest absolute Gasteiger partial charge is 0.391 e. The van der Waals surface area contributed by atoms with E-state index in [0.29, 0.717) is 0 Å². The second-order valence-electron chi connectivity index (χ2n) is 5.26. The Morgan fingerprint density at radius 3 is 2.18 bits per heavy atom. The summed E-state index contributed by atoms with van der Waals surface area (Å²) in [6, 6.07) is -1.61. The molecule has 1 aliphatic heterocycles. The lowest BCUT2D eigenvalue weighted by Crippen LogP contribution is -2.66. The van der Waals surface area contributed by atoms with Crippen molar-refractivity contribution < 1.29 is 43.1 Å². The average Bonchev–Trinajstić information content (AvgIpc) is 2.41. The summed E-state index contributed by atoms with van der Waals surface area (Å²) in [5, 5.41) is 40.5. The first-order valence-corrected chi connectivity index (χ1v) is 6.76. The number of rotatable bonds is 4. The number of aliphatic hydroxyl groups is 4. The second kappa shape index (κ2) is 7.09. The number of nitrogens with one attached hydrogen (secondary N) is 1. The zero-order valence-corrected chi connectivity index (χ0v) is 12.0. The highest BCUT2D eigenvalue weighted by Gasteiger charge is 2.49. The van der Waals surface area contributed by atoms with Crippen LogP contribution in [0.3, 0.4) is 0 Å². The second-order valence-corrected chi connectivity index (χ2v) is 5.26. The van der Waals surface area contributed by atoms with Gasteiger partial charge in [-0.05, 0) is 13.3 Å². The SMILES string of the molecule is CCC1O[C@H]([C@H](NC(=O)C(F)(F)F)[C@@H](C)O)C(O)C(O)[C@H]1O. The Morgan fingerprint density at radius 1 is 1.23 bits per heavy atom. The zero-order valence-electron chi connectivity index (χ0n) is 12.0. The van der Waals surface area contributed by atoms with Gasteiger partial charge in [0.1, 0.15) is 24.4 Å². The summed E-state index contributed by atoms with van der Waals surface area (Å²) in [5.74, 6) is -2.30. The highest BCUT2D eigenvalue weighted by Crippen LogP contribution is 2.27. The first-order chi connectivity index (χ1) is 10.0. The first-order valence-electron chi connectivity index (χ1n) is 6.76. The van der Waals surface area contributed by atoms with Crippen LogP contribution >= 0.6 is 0 Å². The molecule has 0 radical (unpaired) electrons. The molecule has 0 aromatic carbocycles. The highest BCUT2D eigenvalue weighted by molar-refractivity contribution is 5.82. The molecule has 1 fully saturated rings. The predicted octanol–water partition coefficient (Wildman–Crippen LogP) is -1.33. The van der Waals surface area contributed by atoms with Gasteiger partial charge in [-0.1, -0.05) is 6.92 Å². The number of hydrogen-bond donors (Lipinski definition) is 5. The molecule has 5 N–H and O–H groups in total. The Balaban J connectivity index is 2.97. The van der Waals surface area contributed by atoms with Gasteiger partial charge in [-0.3, -0.25) is 4.79 Å². The van der Waals surface area contributed by atoms with Crippen LogP contribution in [0, 0.1) is 0 Å². The maximum atomic E-state index is 12.3. The summed E-state index contributed by atoms with van der Waals surface area (Å²) >= 11 is 0. The van der Waals surface area contributed by atoms with Crippen LogP contribution in [0.1, 0.15) is 20.3 Å². The van der Waals surface area contributed by atoms with Crippen molar-refractivity contribution in [3.63, 3.8) is 0 Å². The molecule has 0 spiro atoms. The molecule has 1 aliphatic rings. The maximum absolute atomic E-state index is 12.3. The molecule has 1 heterocycles. The molecule has 0 bridgehead atoms. The monoisotopic (exact) mass is 331 g/mol. The van der Waals surface area contributed by atoms with Crippen LogP contribution in [0.4, 0.5) is 13.2 Å². The van der Waals surface area contributed by atoms with Gasteiger partial charge in [0.15, 0.2) is 0 Å². The number of halogens is 3. The van der Waals surface area contributed by atoms with E-state index < -0.39 is 54.7 Å². The molecule has 1 amide bonds. The topological polar surface area (TPSA) is 119 Å². The molecule has 3 unspecified atom stereocenters. The minimum atomic E-state index is -5.17. The minimum absolute atomic E-state index is 0.210. The van der Waals surface area contributed by atoms with Crippen molar-refractivity contribution in [3.8, 4) is 0 Å². The Bertz CT molecular complexity index is 390. The predicted molar refractivity (Wildman–Crippen MR) is 66.6 cm³/mol. The Kier molecular flexibility index (Phi) is 6.16. The van der Waals surface area contributed by atoms with E-state index in [1.807, 2.05) is 0 Å². The molecular weight excluding hydrogens is 311 g/mol. The summed E-state index contributed by atoms with van der Waals surface area (Å²) in [6.45, 7) is 2.71. The van der Waals surface area contributed by atoms with Gasteiger partial charge < -0.3 is 30.5 Å². The molecule has 1 saturated heterocycles. The fourth-order valence-corrected chi connectivity index (χ4v) is 2.32. The van der Waals surface area contributed by atoms with Gasteiger partial charge in [0.05, 0.1) is 18.2 Å². The van der Waals surface area contributed by atoms with Crippen molar-refractivity contribution >= 4 is 5.91 Å². The van der Waals surface area contributed by atoms with E-state index in [0.717, 1.165) is 6.92 Å². The van der Waals surface area contributed by atoms with E-state index >= 15 is 0 Å². The third-order valence-corrected chi connectivity index (χ3v) is 3.58. The van der Waals surface area contributed by atoms with Crippen molar-refractivity contribution in [1.82, 2.24) is 5.32 Å². The number of amides is 1.